The lowest BCUT2D eigenvalue weighted by Crippen LogP contribution is -2.13. The second kappa shape index (κ2) is 6.76. The summed E-state index contributed by atoms with van der Waals surface area (Å²) in [5.74, 6) is 1.42. The normalized spacial score (nSPS) is 11.2. The van der Waals surface area contributed by atoms with Gasteiger partial charge >= 0.3 is 0 Å². The van der Waals surface area contributed by atoms with Gasteiger partial charge in [-0.2, -0.15) is 0 Å². The lowest BCUT2D eigenvalue weighted by molar-refractivity contribution is 0.518. The molecule has 0 atom stereocenters. The van der Waals surface area contributed by atoms with Crippen LogP contribution in [0.3, 0.4) is 0 Å². The number of pyridine rings is 1. The van der Waals surface area contributed by atoms with E-state index in [0.717, 1.165) is 11.3 Å². The SMILES string of the molecule is Cc1cccc(S(=O)(=O)Nc2ccc(NCc3ccco3)nc2)c1. The van der Waals surface area contributed by atoms with E-state index in [1.165, 1.54) is 6.20 Å². The van der Waals surface area contributed by atoms with Crippen molar-refractivity contribution in [1.82, 2.24) is 4.98 Å². The van der Waals surface area contributed by atoms with Crippen molar-refractivity contribution < 1.29 is 12.8 Å². The molecule has 0 aliphatic rings. The topological polar surface area (TPSA) is 84.2 Å². The molecule has 0 fully saturated rings. The Labute approximate surface area is 140 Å². The molecule has 3 rings (SSSR count). The molecule has 0 saturated carbocycles. The fraction of sp³-hybridized carbons (Fsp3) is 0.118. The second-order valence-electron chi connectivity index (χ2n) is 5.29. The molecule has 0 unspecified atom stereocenters. The van der Waals surface area contributed by atoms with Crippen molar-refractivity contribution in [2.45, 2.75) is 18.4 Å². The molecular weight excluding hydrogens is 326 g/mol. The largest absolute Gasteiger partial charge is 0.467 e. The molecule has 2 N–H and O–H groups in total. The Hall–Kier alpha value is -2.80. The Bertz CT molecular complexity index is 905. The van der Waals surface area contributed by atoms with Gasteiger partial charge in [0, 0.05) is 0 Å². The lowest BCUT2D eigenvalue weighted by atomic mass is 10.2. The molecule has 3 aromatic rings. The highest BCUT2D eigenvalue weighted by molar-refractivity contribution is 7.92. The summed E-state index contributed by atoms with van der Waals surface area (Å²) in [6, 6.07) is 13.8. The van der Waals surface area contributed by atoms with E-state index in [9.17, 15) is 8.42 Å². The van der Waals surface area contributed by atoms with Gasteiger partial charge in [-0.15, -0.1) is 0 Å². The van der Waals surface area contributed by atoms with Crippen LogP contribution in [0.25, 0.3) is 0 Å². The van der Waals surface area contributed by atoms with E-state index in [-0.39, 0.29) is 4.90 Å². The number of hydrogen-bond acceptors (Lipinski definition) is 5. The third-order valence-corrected chi connectivity index (χ3v) is 4.72. The summed E-state index contributed by atoms with van der Waals surface area (Å²) in [6.45, 7) is 2.36. The number of furan rings is 1. The quantitative estimate of drug-likeness (QED) is 0.716. The summed E-state index contributed by atoms with van der Waals surface area (Å²) >= 11 is 0. The monoisotopic (exact) mass is 343 g/mol. The van der Waals surface area contributed by atoms with Crippen LogP contribution in [-0.4, -0.2) is 13.4 Å². The molecule has 6 nitrogen and oxygen atoms in total. The van der Waals surface area contributed by atoms with E-state index >= 15 is 0 Å². The number of hydrogen-bond donors (Lipinski definition) is 2. The van der Waals surface area contributed by atoms with Gasteiger partial charge in [-0.25, -0.2) is 13.4 Å². The van der Waals surface area contributed by atoms with Gasteiger partial charge in [-0.3, -0.25) is 4.72 Å². The Balaban J connectivity index is 1.67. The average Bonchev–Trinajstić information content (AvgIpc) is 3.07. The number of aromatic nitrogens is 1. The minimum atomic E-state index is -3.62. The van der Waals surface area contributed by atoms with Crippen LogP contribution >= 0.6 is 0 Å². The summed E-state index contributed by atoms with van der Waals surface area (Å²) in [6.07, 6.45) is 3.07. The molecule has 1 aromatic carbocycles. The minimum absolute atomic E-state index is 0.225. The Morgan fingerprint density at radius 2 is 2.00 bits per heavy atom. The van der Waals surface area contributed by atoms with Crippen molar-refractivity contribution in [3.05, 3.63) is 72.3 Å². The maximum absolute atomic E-state index is 12.4. The molecule has 0 radical (unpaired) electrons. The van der Waals surface area contributed by atoms with Crippen LogP contribution in [0.5, 0.6) is 0 Å². The molecule has 24 heavy (non-hydrogen) atoms. The fourth-order valence-corrected chi connectivity index (χ4v) is 3.29. The summed E-state index contributed by atoms with van der Waals surface area (Å²) in [4.78, 5) is 4.42. The fourth-order valence-electron chi connectivity index (χ4n) is 2.15. The highest BCUT2D eigenvalue weighted by Gasteiger charge is 2.14. The predicted octanol–water partition coefficient (Wildman–Crippen LogP) is 3.40. The summed E-state index contributed by atoms with van der Waals surface area (Å²) in [5, 5.41) is 3.09. The molecule has 0 bridgehead atoms. The Morgan fingerprint density at radius 3 is 2.67 bits per heavy atom. The number of nitrogens with zero attached hydrogens (tertiary/aromatic N) is 1. The summed E-state index contributed by atoms with van der Waals surface area (Å²) < 4.78 is 32.4. The first-order valence-electron chi connectivity index (χ1n) is 7.35. The maximum atomic E-state index is 12.4. The average molecular weight is 343 g/mol. The van der Waals surface area contributed by atoms with E-state index in [2.05, 4.69) is 15.0 Å². The van der Waals surface area contributed by atoms with Crippen LogP contribution in [0.2, 0.25) is 0 Å². The van der Waals surface area contributed by atoms with Crippen LogP contribution in [-0.2, 0) is 16.6 Å². The van der Waals surface area contributed by atoms with E-state index in [4.69, 9.17) is 4.42 Å². The lowest BCUT2D eigenvalue weighted by Gasteiger charge is -2.09. The van der Waals surface area contributed by atoms with Crippen LogP contribution in [0.1, 0.15) is 11.3 Å². The Kier molecular flexibility index (Phi) is 4.52. The minimum Gasteiger partial charge on any atom is -0.467 e. The smallest absolute Gasteiger partial charge is 0.261 e. The maximum Gasteiger partial charge on any atom is 0.261 e. The molecule has 0 amide bonds. The summed E-state index contributed by atoms with van der Waals surface area (Å²) in [5.41, 5.74) is 1.29. The summed E-state index contributed by atoms with van der Waals surface area (Å²) in [7, 11) is -3.62. The van der Waals surface area contributed by atoms with Crippen molar-refractivity contribution in [3.8, 4) is 0 Å². The van der Waals surface area contributed by atoms with Crippen molar-refractivity contribution in [1.29, 1.82) is 0 Å². The van der Waals surface area contributed by atoms with E-state index < -0.39 is 10.0 Å². The number of rotatable bonds is 6. The van der Waals surface area contributed by atoms with Crippen LogP contribution in [0.4, 0.5) is 11.5 Å². The van der Waals surface area contributed by atoms with Gasteiger partial charge < -0.3 is 9.73 Å². The van der Waals surface area contributed by atoms with Gasteiger partial charge in [-0.05, 0) is 48.9 Å². The number of benzene rings is 1. The van der Waals surface area contributed by atoms with Gasteiger partial charge in [-0.1, -0.05) is 12.1 Å². The molecular formula is C17H17N3O3S. The van der Waals surface area contributed by atoms with Gasteiger partial charge in [0.2, 0.25) is 0 Å². The number of sulfonamides is 1. The van der Waals surface area contributed by atoms with Crippen molar-refractivity contribution in [2.24, 2.45) is 0 Å². The molecule has 124 valence electrons. The van der Waals surface area contributed by atoms with E-state index in [0.29, 0.717) is 18.1 Å². The first-order chi connectivity index (χ1) is 11.5. The Morgan fingerprint density at radius 1 is 1.12 bits per heavy atom. The van der Waals surface area contributed by atoms with Gasteiger partial charge in [0.05, 0.1) is 29.6 Å². The second-order valence-corrected chi connectivity index (χ2v) is 6.97. The molecule has 0 aliphatic carbocycles. The van der Waals surface area contributed by atoms with Crippen LogP contribution in [0, 0.1) is 6.92 Å². The zero-order chi connectivity index (χ0) is 17.0. The van der Waals surface area contributed by atoms with Gasteiger partial charge in [0.1, 0.15) is 11.6 Å². The van der Waals surface area contributed by atoms with Gasteiger partial charge in [0.25, 0.3) is 10.0 Å². The molecule has 0 aliphatic heterocycles. The predicted molar refractivity (Wildman–Crippen MR) is 92.3 cm³/mol. The number of anilines is 2. The van der Waals surface area contributed by atoms with Crippen molar-refractivity contribution >= 4 is 21.5 Å². The van der Waals surface area contributed by atoms with Crippen molar-refractivity contribution in [3.63, 3.8) is 0 Å². The third kappa shape index (κ3) is 3.94. The van der Waals surface area contributed by atoms with Gasteiger partial charge in [0.15, 0.2) is 0 Å². The zero-order valence-corrected chi connectivity index (χ0v) is 13.9. The highest BCUT2D eigenvalue weighted by atomic mass is 32.2. The molecule has 2 heterocycles. The number of nitrogens with one attached hydrogen (secondary N) is 2. The standard InChI is InChI=1S/C17H17N3O3S/c1-13-4-2-6-16(10-13)24(21,22)20-14-7-8-17(18-11-14)19-12-15-5-3-9-23-15/h2-11,20H,12H2,1H3,(H,18,19). The third-order valence-electron chi connectivity index (χ3n) is 3.34. The molecule has 2 aromatic heterocycles. The molecule has 0 spiro atoms. The molecule has 0 saturated heterocycles. The van der Waals surface area contributed by atoms with E-state index in [1.807, 2.05) is 25.1 Å². The first kappa shape index (κ1) is 16.1. The van der Waals surface area contributed by atoms with Crippen molar-refractivity contribution in [2.75, 3.05) is 10.0 Å². The van der Waals surface area contributed by atoms with E-state index in [1.54, 1.807) is 36.6 Å². The first-order valence-corrected chi connectivity index (χ1v) is 8.83. The zero-order valence-electron chi connectivity index (χ0n) is 13.1. The van der Waals surface area contributed by atoms with Crippen LogP contribution < -0.4 is 10.0 Å². The number of aryl methyl sites for hydroxylation is 1. The highest BCUT2D eigenvalue weighted by Crippen LogP contribution is 2.17. The van der Waals surface area contributed by atoms with Crippen LogP contribution in [0.15, 0.2) is 70.3 Å². The molecule has 7 heteroatoms.